The highest BCUT2D eigenvalue weighted by Gasteiger charge is 2.13. The zero-order chi connectivity index (χ0) is 13.8. The van der Waals surface area contributed by atoms with Crippen LogP contribution < -0.4 is 0 Å². The van der Waals surface area contributed by atoms with E-state index in [1.54, 1.807) is 0 Å². The lowest BCUT2D eigenvalue weighted by Gasteiger charge is -2.19. The van der Waals surface area contributed by atoms with E-state index in [2.05, 4.69) is 45.0 Å². The quantitative estimate of drug-likeness (QED) is 0.759. The van der Waals surface area contributed by atoms with E-state index in [4.69, 9.17) is 4.74 Å². The summed E-state index contributed by atoms with van der Waals surface area (Å²) in [4.78, 5) is 11.3. The minimum atomic E-state index is -0.124. The molecule has 1 rings (SSSR count). The van der Waals surface area contributed by atoms with Gasteiger partial charge >= 0.3 is 5.97 Å². The van der Waals surface area contributed by atoms with E-state index in [9.17, 15) is 4.79 Å². The van der Waals surface area contributed by atoms with Crippen LogP contribution in [0.2, 0.25) is 0 Å². The van der Waals surface area contributed by atoms with Crippen LogP contribution >= 0.6 is 0 Å². The standard InChI is InChI=1S/C16H24O2/c1-12(2)15(17)18-11-10-13-6-8-14(9-7-13)16(3,4)5/h6-9,12H,10-11H2,1-5H3. The first-order valence-corrected chi connectivity index (χ1v) is 6.57. The summed E-state index contributed by atoms with van der Waals surface area (Å²) in [6.07, 6.45) is 0.781. The minimum Gasteiger partial charge on any atom is -0.465 e. The van der Waals surface area contributed by atoms with Crippen molar-refractivity contribution >= 4 is 5.97 Å². The monoisotopic (exact) mass is 248 g/mol. The number of carbonyl (C=O) groups excluding carboxylic acids is 1. The number of ether oxygens (including phenoxy) is 1. The molecule has 2 heteroatoms. The Balaban J connectivity index is 2.47. The molecule has 1 aromatic carbocycles. The van der Waals surface area contributed by atoms with Crippen LogP contribution in [0.5, 0.6) is 0 Å². The van der Waals surface area contributed by atoms with Crippen LogP contribution in [-0.2, 0) is 21.4 Å². The summed E-state index contributed by atoms with van der Waals surface area (Å²) in [6.45, 7) is 10.8. The zero-order valence-electron chi connectivity index (χ0n) is 12.1. The normalized spacial score (nSPS) is 11.7. The predicted octanol–water partition coefficient (Wildman–Crippen LogP) is 3.73. The fraction of sp³-hybridized carbons (Fsp3) is 0.562. The van der Waals surface area contributed by atoms with E-state index in [1.807, 2.05) is 13.8 Å². The molecule has 0 fully saturated rings. The molecule has 0 heterocycles. The van der Waals surface area contributed by atoms with Crippen LogP contribution in [0.1, 0.15) is 45.7 Å². The number of hydrogen-bond acceptors (Lipinski definition) is 2. The zero-order valence-corrected chi connectivity index (χ0v) is 12.1. The Morgan fingerprint density at radius 1 is 1.17 bits per heavy atom. The fourth-order valence-corrected chi connectivity index (χ4v) is 1.61. The average molecular weight is 248 g/mol. The van der Waals surface area contributed by atoms with Crippen molar-refractivity contribution in [2.75, 3.05) is 6.61 Å². The molecular formula is C16H24O2. The largest absolute Gasteiger partial charge is 0.465 e. The van der Waals surface area contributed by atoms with E-state index in [1.165, 1.54) is 11.1 Å². The number of esters is 1. The number of carbonyl (C=O) groups is 1. The van der Waals surface area contributed by atoms with Crippen LogP contribution in [0.15, 0.2) is 24.3 Å². The molecule has 2 nitrogen and oxygen atoms in total. The molecule has 1 aromatic rings. The molecule has 0 aliphatic heterocycles. The van der Waals surface area contributed by atoms with Gasteiger partial charge in [0.1, 0.15) is 0 Å². The highest BCUT2D eigenvalue weighted by molar-refractivity contribution is 5.71. The van der Waals surface area contributed by atoms with Crippen molar-refractivity contribution in [2.24, 2.45) is 5.92 Å². The lowest BCUT2D eigenvalue weighted by Crippen LogP contribution is -2.14. The van der Waals surface area contributed by atoms with E-state index in [0.29, 0.717) is 6.61 Å². The second kappa shape index (κ2) is 6.03. The smallest absolute Gasteiger partial charge is 0.308 e. The summed E-state index contributed by atoms with van der Waals surface area (Å²) >= 11 is 0. The minimum absolute atomic E-state index is 0.0479. The molecule has 0 atom stereocenters. The fourth-order valence-electron chi connectivity index (χ4n) is 1.61. The van der Waals surface area contributed by atoms with Gasteiger partial charge in [0, 0.05) is 6.42 Å². The Bertz CT molecular complexity index is 383. The summed E-state index contributed by atoms with van der Waals surface area (Å²) in [5, 5.41) is 0. The van der Waals surface area contributed by atoms with Crippen molar-refractivity contribution in [3.05, 3.63) is 35.4 Å². The average Bonchev–Trinajstić information content (AvgIpc) is 2.28. The van der Waals surface area contributed by atoms with Gasteiger partial charge in [-0.15, -0.1) is 0 Å². The Labute approximate surface area is 110 Å². The first-order valence-electron chi connectivity index (χ1n) is 6.57. The van der Waals surface area contributed by atoms with Gasteiger partial charge in [0.15, 0.2) is 0 Å². The highest BCUT2D eigenvalue weighted by Crippen LogP contribution is 2.22. The van der Waals surface area contributed by atoms with Crippen molar-refractivity contribution in [2.45, 2.75) is 46.5 Å². The molecule has 0 saturated heterocycles. The lowest BCUT2D eigenvalue weighted by atomic mass is 9.86. The molecule has 0 spiro atoms. The Morgan fingerprint density at radius 2 is 1.72 bits per heavy atom. The van der Waals surface area contributed by atoms with Crippen molar-refractivity contribution in [3.63, 3.8) is 0 Å². The second-order valence-electron chi connectivity index (χ2n) is 6.02. The summed E-state index contributed by atoms with van der Waals surface area (Å²) in [6, 6.07) is 8.53. The van der Waals surface area contributed by atoms with E-state index >= 15 is 0 Å². The Hall–Kier alpha value is -1.31. The maximum Gasteiger partial charge on any atom is 0.308 e. The molecule has 0 radical (unpaired) electrons. The maximum absolute atomic E-state index is 11.3. The van der Waals surface area contributed by atoms with Crippen molar-refractivity contribution in [1.82, 2.24) is 0 Å². The molecule has 0 bridgehead atoms. The van der Waals surface area contributed by atoms with Crippen molar-refractivity contribution < 1.29 is 9.53 Å². The Kier molecular flexibility index (Phi) is 4.94. The summed E-state index contributed by atoms with van der Waals surface area (Å²) < 4.78 is 5.17. The van der Waals surface area contributed by atoms with Gasteiger partial charge in [-0.1, -0.05) is 58.9 Å². The molecule has 0 aliphatic carbocycles. The van der Waals surface area contributed by atoms with E-state index < -0.39 is 0 Å². The molecule has 18 heavy (non-hydrogen) atoms. The second-order valence-corrected chi connectivity index (χ2v) is 6.02. The van der Waals surface area contributed by atoms with Crippen LogP contribution in [0.4, 0.5) is 0 Å². The van der Waals surface area contributed by atoms with Crippen LogP contribution in [0.3, 0.4) is 0 Å². The van der Waals surface area contributed by atoms with E-state index in [0.717, 1.165) is 6.42 Å². The first kappa shape index (κ1) is 14.7. The molecule has 100 valence electrons. The molecule has 0 N–H and O–H groups in total. The lowest BCUT2D eigenvalue weighted by molar-refractivity contribution is -0.147. The molecule has 0 aromatic heterocycles. The van der Waals surface area contributed by atoms with Crippen LogP contribution in [0, 0.1) is 5.92 Å². The van der Waals surface area contributed by atoms with Crippen molar-refractivity contribution in [1.29, 1.82) is 0 Å². The molecular weight excluding hydrogens is 224 g/mol. The van der Waals surface area contributed by atoms with Gasteiger partial charge in [-0.05, 0) is 16.5 Å². The van der Waals surface area contributed by atoms with Gasteiger partial charge in [0.05, 0.1) is 12.5 Å². The highest BCUT2D eigenvalue weighted by atomic mass is 16.5. The molecule has 0 saturated carbocycles. The van der Waals surface area contributed by atoms with Crippen LogP contribution in [0.25, 0.3) is 0 Å². The van der Waals surface area contributed by atoms with Gasteiger partial charge in [0.2, 0.25) is 0 Å². The summed E-state index contributed by atoms with van der Waals surface area (Å²) in [5.74, 6) is -0.172. The predicted molar refractivity (Wildman–Crippen MR) is 74.6 cm³/mol. The van der Waals surface area contributed by atoms with Gasteiger partial charge in [0.25, 0.3) is 0 Å². The Morgan fingerprint density at radius 3 is 2.17 bits per heavy atom. The van der Waals surface area contributed by atoms with Gasteiger partial charge in [-0.25, -0.2) is 0 Å². The maximum atomic E-state index is 11.3. The number of hydrogen-bond donors (Lipinski definition) is 0. The molecule has 0 amide bonds. The third-order valence-electron chi connectivity index (χ3n) is 2.93. The van der Waals surface area contributed by atoms with Gasteiger partial charge in [-0.2, -0.15) is 0 Å². The first-order chi connectivity index (χ1) is 8.30. The van der Waals surface area contributed by atoms with Gasteiger partial charge in [-0.3, -0.25) is 4.79 Å². The van der Waals surface area contributed by atoms with Gasteiger partial charge < -0.3 is 4.74 Å². The molecule has 0 unspecified atom stereocenters. The van der Waals surface area contributed by atoms with Crippen LogP contribution in [-0.4, -0.2) is 12.6 Å². The summed E-state index contributed by atoms with van der Waals surface area (Å²) in [7, 11) is 0. The SMILES string of the molecule is CC(C)C(=O)OCCc1ccc(C(C)(C)C)cc1. The third kappa shape index (κ3) is 4.52. The topological polar surface area (TPSA) is 26.3 Å². The number of rotatable bonds is 4. The van der Waals surface area contributed by atoms with E-state index in [-0.39, 0.29) is 17.3 Å². The number of benzene rings is 1. The summed E-state index contributed by atoms with van der Waals surface area (Å²) in [5.41, 5.74) is 2.72. The van der Waals surface area contributed by atoms with Crippen molar-refractivity contribution in [3.8, 4) is 0 Å². The third-order valence-corrected chi connectivity index (χ3v) is 2.93. The molecule has 0 aliphatic rings.